The summed E-state index contributed by atoms with van der Waals surface area (Å²) in [5, 5.41) is 0. The molecular weight excluding hydrogens is 228 g/mol. The predicted octanol–water partition coefficient (Wildman–Crippen LogP) is 3.47. The molecule has 100 valence electrons. The molecule has 0 unspecified atom stereocenters. The molecule has 0 aliphatic rings. The second kappa shape index (κ2) is 8.70. The van der Waals surface area contributed by atoms with Crippen LogP contribution in [0.3, 0.4) is 0 Å². The Morgan fingerprint density at radius 3 is 2.17 bits per heavy atom. The van der Waals surface area contributed by atoms with Gasteiger partial charge in [0.1, 0.15) is 5.75 Å². The van der Waals surface area contributed by atoms with Crippen LogP contribution in [-0.4, -0.2) is 26.1 Å². The number of ether oxygens (including phenoxy) is 2. The first kappa shape index (κ1) is 14.7. The lowest BCUT2D eigenvalue weighted by Crippen LogP contribution is -1.98. The number of rotatable bonds is 9. The Labute approximate surface area is 109 Å². The monoisotopic (exact) mass is 250 g/mol. The van der Waals surface area contributed by atoms with Gasteiger partial charge in [0.05, 0.1) is 6.61 Å². The summed E-state index contributed by atoms with van der Waals surface area (Å²) in [5.74, 6) is 0.914. The Morgan fingerprint density at radius 1 is 1.00 bits per heavy atom. The van der Waals surface area contributed by atoms with Crippen LogP contribution in [0, 0.1) is 0 Å². The smallest absolute Gasteiger partial charge is 0.159 e. The van der Waals surface area contributed by atoms with E-state index in [1.165, 1.54) is 6.42 Å². The lowest BCUT2D eigenvalue weighted by Gasteiger charge is -2.06. The molecule has 18 heavy (non-hydrogen) atoms. The fourth-order valence-electron chi connectivity index (χ4n) is 1.68. The van der Waals surface area contributed by atoms with E-state index >= 15 is 0 Å². The summed E-state index contributed by atoms with van der Waals surface area (Å²) in [7, 11) is 1.73. The molecule has 0 radical (unpaired) electrons. The molecule has 0 saturated carbocycles. The summed E-state index contributed by atoms with van der Waals surface area (Å²) in [4.78, 5) is 11.1. The van der Waals surface area contributed by atoms with Crippen LogP contribution in [0.5, 0.6) is 5.75 Å². The van der Waals surface area contributed by atoms with Crippen molar-refractivity contribution >= 4 is 5.78 Å². The zero-order valence-electron chi connectivity index (χ0n) is 11.3. The maximum atomic E-state index is 11.1. The average molecular weight is 250 g/mol. The van der Waals surface area contributed by atoms with Crippen molar-refractivity contribution in [2.24, 2.45) is 0 Å². The van der Waals surface area contributed by atoms with Crippen molar-refractivity contribution < 1.29 is 14.3 Å². The highest BCUT2D eigenvalue weighted by atomic mass is 16.5. The Balaban J connectivity index is 2.14. The lowest BCUT2D eigenvalue weighted by atomic mass is 10.1. The number of carbonyl (C=O) groups excluding carboxylic acids is 1. The molecule has 0 bridgehead atoms. The molecule has 1 aromatic carbocycles. The van der Waals surface area contributed by atoms with Crippen molar-refractivity contribution in [1.29, 1.82) is 0 Å². The van der Waals surface area contributed by atoms with E-state index in [1.807, 2.05) is 12.1 Å². The Morgan fingerprint density at radius 2 is 1.61 bits per heavy atom. The standard InChI is InChI=1S/C15H22O3/c1-13(16)14-7-9-15(10-8-14)18-12-6-4-3-5-11-17-2/h7-10H,3-6,11-12H2,1-2H3. The molecule has 0 fully saturated rings. The van der Waals surface area contributed by atoms with Gasteiger partial charge in [0.2, 0.25) is 0 Å². The van der Waals surface area contributed by atoms with Gasteiger partial charge >= 0.3 is 0 Å². The first-order valence-corrected chi connectivity index (χ1v) is 6.47. The molecule has 0 aromatic heterocycles. The van der Waals surface area contributed by atoms with E-state index in [0.717, 1.165) is 43.8 Å². The van der Waals surface area contributed by atoms with Crippen LogP contribution in [0.4, 0.5) is 0 Å². The molecule has 0 aliphatic heterocycles. The number of ketones is 1. The number of unbranched alkanes of at least 4 members (excludes halogenated alkanes) is 3. The zero-order valence-corrected chi connectivity index (χ0v) is 11.3. The number of carbonyl (C=O) groups is 1. The van der Waals surface area contributed by atoms with Crippen LogP contribution in [0.15, 0.2) is 24.3 Å². The van der Waals surface area contributed by atoms with E-state index in [2.05, 4.69) is 0 Å². The van der Waals surface area contributed by atoms with Gasteiger partial charge in [0.15, 0.2) is 5.78 Å². The summed E-state index contributed by atoms with van der Waals surface area (Å²) in [6, 6.07) is 7.30. The molecule has 0 atom stereocenters. The van der Waals surface area contributed by atoms with E-state index < -0.39 is 0 Å². The molecule has 0 heterocycles. The number of benzene rings is 1. The van der Waals surface area contributed by atoms with Crippen LogP contribution in [-0.2, 0) is 4.74 Å². The first-order chi connectivity index (χ1) is 8.74. The number of Topliss-reactive ketones (excluding diaryl/α,β-unsaturated/α-hetero) is 1. The highest BCUT2D eigenvalue weighted by Crippen LogP contribution is 2.13. The number of methoxy groups -OCH3 is 1. The van der Waals surface area contributed by atoms with Crippen molar-refractivity contribution in [3.63, 3.8) is 0 Å². The summed E-state index contributed by atoms with van der Waals surface area (Å²) in [5.41, 5.74) is 0.724. The number of hydrogen-bond acceptors (Lipinski definition) is 3. The average Bonchev–Trinajstić information content (AvgIpc) is 2.38. The molecule has 0 amide bonds. The second-order valence-corrected chi connectivity index (χ2v) is 4.34. The minimum atomic E-state index is 0.0830. The Kier molecular flexibility index (Phi) is 7.11. The fourth-order valence-corrected chi connectivity index (χ4v) is 1.68. The molecule has 3 heteroatoms. The summed E-state index contributed by atoms with van der Waals surface area (Å²) in [6.45, 7) is 3.13. The molecule has 3 nitrogen and oxygen atoms in total. The third-order valence-corrected chi connectivity index (χ3v) is 2.77. The van der Waals surface area contributed by atoms with E-state index in [9.17, 15) is 4.79 Å². The SMILES string of the molecule is COCCCCCCOc1ccc(C(C)=O)cc1. The van der Waals surface area contributed by atoms with E-state index in [-0.39, 0.29) is 5.78 Å². The van der Waals surface area contributed by atoms with E-state index in [0.29, 0.717) is 0 Å². The lowest BCUT2D eigenvalue weighted by molar-refractivity contribution is 0.101. The van der Waals surface area contributed by atoms with Gasteiger partial charge in [-0.2, -0.15) is 0 Å². The Bertz CT molecular complexity index is 343. The normalized spacial score (nSPS) is 10.3. The minimum Gasteiger partial charge on any atom is -0.494 e. The quantitative estimate of drug-likeness (QED) is 0.497. The fraction of sp³-hybridized carbons (Fsp3) is 0.533. The van der Waals surface area contributed by atoms with Gasteiger partial charge in [-0.1, -0.05) is 6.42 Å². The zero-order chi connectivity index (χ0) is 13.2. The van der Waals surface area contributed by atoms with Crippen molar-refractivity contribution in [2.45, 2.75) is 32.6 Å². The van der Waals surface area contributed by atoms with Crippen molar-refractivity contribution in [3.05, 3.63) is 29.8 Å². The van der Waals surface area contributed by atoms with Gasteiger partial charge in [0, 0.05) is 19.3 Å². The van der Waals surface area contributed by atoms with Gasteiger partial charge in [-0.05, 0) is 50.5 Å². The van der Waals surface area contributed by atoms with Gasteiger partial charge < -0.3 is 9.47 Å². The predicted molar refractivity (Wildman–Crippen MR) is 72.3 cm³/mol. The van der Waals surface area contributed by atoms with E-state index in [1.54, 1.807) is 26.2 Å². The third-order valence-electron chi connectivity index (χ3n) is 2.77. The van der Waals surface area contributed by atoms with Crippen molar-refractivity contribution in [2.75, 3.05) is 20.3 Å². The molecule has 0 N–H and O–H groups in total. The van der Waals surface area contributed by atoms with Crippen LogP contribution in [0.25, 0.3) is 0 Å². The third kappa shape index (κ3) is 5.82. The van der Waals surface area contributed by atoms with Crippen LogP contribution >= 0.6 is 0 Å². The maximum absolute atomic E-state index is 11.1. The number of hydrogen-bond donors (Lipinski definition) is 0. The molecule has 0 spiro atoms. The summed E-state index contributed by atoms with van der Waals surface area (Å²) >= 11 is 0. The molecular formula is C15H22O3. The molecule has 1 aromatic rings. The second-order valence-electron chi connectivity index (χ2n) is 4.34. The minimum absolute atomic E-state index is 0.0830. The maximum Gasteiger partial charge on any atom is 0.159 e. The van der Waals surface area contributed by atoms with Gasteiger partial charge in [-0.25, -0.2) is 0 Å². The van der Waals surface area contributed by atoms with Crippen LogP contribution in [0.1, 0.15) is 43.0 Å². The van der Waals surface area contributed by atoms with Gasteiger partial charge in [-0.15, -0.1) is 0 Å². The molecule has 1 rings (SSSR count). The molecule has 0 saturated heterocycles. The summed E-state index contributed by atoms with van der Waals surface area (Å²) < 4.78 is 10.6. The van der Waals surface area contributed by atoms with E-state index in [4.69, 9.17) is 9.47 Å². The van der Waals surface area contributed by atoms with Crippen LogP contribution < -0.4 is 4.74 Å². The van der Waals surface area contributed by atoms with Crippen molar-refractivity contribution in [1.82, 2.24) is 0 Å². The van der Waals surface area contributed by atoms with Gasteiger partial charge in [0.25, 0.3) is 0 Å². The highest BCUT2D eigenvalue weighted by Gasteiger charge is 1.99. The van der Waals surface area contributed by atoms with Gasteiger partial charge in [-0.3, -0.25) is 4.79 Å². The topological polar surface area (TPSA) is 35.5 Å². The van der Waals surface area contributed by atoms with Crippen molar-refractivity contribution in [3.8, 4) is 5.75 Å². The molecule has 0 aliphatic carbocycles. The first-order valence-electron chi connectivity index (χ1n) is 6.47. The Hall–Kier alpha value is -1.35. The van der Waals surface area contributed by atoms with Crippen LogP contribution in [0.2, 0.25) is 0 Å². The highest BCUT2D eigenvalue weighted by molar-refractivity contribution is 5.94. The largest absolute Gasteiger partial charge is 0.494 e. The summed E-state index contributed by atoms with van der Waals surface area (Å²) in [6.07, 6.45) is 4.51.